The molecule has 1 N–H and O–H groups in total. The molecule has 2 aliphatic heterocycles. The van der Waals surface area contributed by atoms with Crippen molar-refractivity contribution in [2.75, 3.05) is 39.5 Å². The van der Waals surface area contributed by atoms with Crippen molar-refractivity contribution in [3.63, 3.8) is 0 Å². The standard InChI is InChI=1S/C24H32N2O3S/c1-19-22(10-16-29-21-8-3-2-4-9-21)30-23(25-19)24(27)11-6-13-26(14-12-24)17-20-7-5-15-28-18-20/h2-4,7-9,27H,5-6,10-18H2,1H3/t24-/m1/s1. The van der Waals surface area contributed by atoms with E-state index in [4.69, 9.17) is 14.5 Å². The van der Waals surface area contributed by atoms with Crippen molar-refractivity contribution >= 4 is 11.3 Å². The minimum absolute atomic E-state index is 0.621. The molecule has 0 aliphatic carbocycles. The third kappa shape index (κ3) is 5.49. The molecule has 1 aromatic carbocycles. The molecule has 6 heteroatoms. The summed E-state index contributed by atoms with van der Waals surface area (Å²) in [6, 6.07) is 9.89. The van der Waals surface area contributed by atoms with E-state index in [1.165, 1.54) is 10.5 Å². The molecule has 30 heavy (non-hydrogen) atoms. The first-order chi connectivity index (χ1) is 14.6. The van der Waals surface area contributed by atoms with Gasteiger partial charge in [-0.2, -0.15) is 0 Å². The molecule has 1 fully saturated rings. The fraction of sp³-hybridized carbons (Fsp3) is 0.542. The Morgan fingerprint density at radius 3 is 2.90 bits per heavy atom. The monoisotopic (exact) mass is 428 g/mol. The molecule has 1 atom stereocenters. The van der Waals surface area contributed by atoms with Crippen molar-refractivity contribution in [2.45, 2.75) is 44.6 Å². The highest BCUT2D eigenvalue weighted by molar-refractivity contribution is 7.11. The molecule has 0 radical (unpaired) electrons. The van der Waals surface area contributed by atoms with Gasteiger partial charge in [0.15, 0.2) is 0 Å². The van der Waals surface area contributed by atoms with Gasteiger partial charge in [0, 0.05) is 24.4 Å². The van der Waals surface area contributed by atoms with Gasteiger partial charge in [-0.3, -0.25) is 4.90 Å². The SMILES string of the molecule is Cc1nc([C@@]2(O)CCCN(CC3=CCCOC3)CC2)sc1CCOc1ccccc1. The van der Waals surface area contributed by atoms with Gasteiger partial charge in [-0.1, -0.05) is 24.3 Å². The molecule has 1 aromatic heterocycles. The second-order valence-corrected chi connectivity index (χ2v) is 9.39. The summed E-state index contributed by atoms with van der Waals surface area (Å²) in [5, 5.41) is 12.3. The number of thiazole rings is 1. The van der Waals surface area contributed by atoms with E-state index in [2.05, 4.69) is 11.0 Å². The van der Waals surface area contributed by atoms with E-state index in [1.807, 2.05) is 37.3 Å². The molecular formula is C24H32N2O3S. The van der Waals surface area contributed by atoms with Gasteiger partial charge < -0.3 is 14.6 Å². The lowest BCUT2D eigenvalue weighted by atomic mass is 9.96. The van der Waals surface area contributed by atoms with E-state index in [9.17, 15) is 5.11 Å². The Morgan fingerprint density at radius 1 is 1.23 bits per heavy atom. The second kappa shape index (κ2) is 10.1. The third-order valence-electron chi connectivity index (χ3n) is 5.95. The third-order valence-corrected chi connectivity index (χ3v) is 7.36. The van der Waals surface area contributed by atoms with Crippen LogP contribution >= 0.6 is 11.3 Å². The Hall–Kier alpha value is -1.73. The van der Waals surface area contributed by atoms with Crippen molar-refractivity contribution in [2.24, 2.45) is 0 Å². The molecule has 4 rings (SSSR count). The van der Waals surface area contributed by atoms with Crippen LogP contribution in [-0.2, 0) is 16.8 Å². The molecule has 2 aliphatic rings. The number of likely N-dealkylation sites (tertiary alicyclic amines) is 1. The number of benzene rings is 1. The topological polar surface area (TPSA) is 54.8 Å². The number of rotatable bonds is 7. The first kappa shape index (κ1) is 21.5. The Balaban J connectivity index is 1.34. The van der Waals surface area contributed by atoms with Gasteiger partial charge in [-0.15, -0.1) is 11.3 Å². The highest BCUT2D eigenvalue weighted by Crippen LogP contribution is 2.36. The van der Waals surface area contributed by atoms with E-state index in [-0.39, 0.29) is 0 Å². The Morgan fingerprint density at radius 2 is 2.10 bits per heavy atom. The van der Waals surface area contributed by atoms with Crippen molar-refractivity contribution in [3.05, 3.63) is 57.6 Å². The fourth-order valence-electron chi connectivity index (χ4n) is 4.19. The molecule has 5 nitrogen and oxygen atoms in total. The molecular weight excluding hydrogens is 396 g/mol. The number of hydrogen-bond donors (Lipinski definition) is 1. The highest BCUT2D eigenvalue weighted by Gasteiger charge is 2.35. The van der Waals surface area contributed by atoms with Crippen LogP contribution in [0.1, 0.15) is 41.3 Å². The van der Waals surface area contributed by atoms with Gasteiger partial charge in [0.25, 0.3) is 0 Å². The van der Waals surface area contributed by atoms with Crippen molar-refractivity contribution in [1.29, 1.82) is 0 Å². The summed E-state index contributed by atoms with van der Waals surface area (Å²) in [5.74, 6) is 0.890. The van der Waals surface area contributed by atoms with Crippen molar-refractivity contribution < 1.29 is 14.6 Å². The second-order valence-electron chi connectivity index (χ2n) is 8.30. The average molecular weight is 429 g/mol. The number of aromatic nitrogens is 1. The summed E-state index contributed by atoms with van der Waals surface area (Å²) in [6.45, 7) is 7.11. The maximum absolute atomic E-state index is 11.4. The Labute approximate surface area is 183 Å². The molecule has 2 aromatic rings. The molecule has 0 bridgehead atoms. The first-order valence-electron chi connectivity index (χ1n) is 11.0. The minimum Gasteiger partial charge on any atom is -0.493 e. The van der Waals surface area contributed by atoms with Gasteiger partial charge >= 0.3 is 0 Å². The smallest absolute Gasteiger partial charge is 0.125 e. The maximum atomic E-state index is 11.4. The summed E-state index contributed by atoms with van der Waals surface area (Å²) in [7, 11) is 0. The first-order valence-corrected chi connectivity index (χ1v) is 11.8. The number of aryl methyl sites for hydroxylation is 1. The van der Waals surface area contributed by atoms with E-state index in [1.54, 1.807) is 11.3 Å². The van der Waals surface area contributed by atoms with Crippen LogP contribution in [0.2, 0.25) is 0 Å². The maximum Gasteiger partial charge on any atom is 0.125 e. The largest absolute Gasteiger partial charge is 0.493 e. The number of nitrogens with zero attached hydrogens (tertiary/aromatic N) is 2. The predicted molar refractivity (Wildman–Crippen MR) is 120 cm³/mol. The zero-order valence-electron chi connectivity index (χ0n) is 17.8. The molecule has 0 spiro atoms. The molecule has 0 unspecified atom stereocenters. The van der Waals surface area contributed by atoms with Gasteiger partial charge in [-0.25, -0.2) is 4.98 Å². The predicted octanol–water partition coefficient (Wildman–Crippen LogP) is 4.09. The lowest BCUT2D eigenvalue weighted by molar-refractivity contribution is 0.0210. The van der Waals surface area contributed by atoms with Gasteiger partial charge in [-0.05, 0) is 56.9 Å². The van der Waals surface area contributed by atoms with E-state index in [0.717, 1.165) is 81.4 Å². The van der Waals surface area contributed by atoms with Crippen LogP contribution in [-0.4, -0.2) is 54.4 Å². The number of para-hydroxylation sites is 1. The van der Waals surface area contributed by atoms with Gasteiger partial charge in [0.2, 0.25) is 0 Å². The molecule has 162 valence electrons. The van der Waals surface area contributed by atoms with Crippen LogP contribution in [0.25, 0.3) is 0 Å². The van der Waals surface area contributed by atoms with Crippen LogP contribution in [0.5, 0.6) is 5.75 Å². The zero-order valence-corrected chi connectivity index (χ0v) is 18.6. The van der Waals surface area contributed by atoms with Crippen LogP contribution in [0.4, 0.5) is 0 Å². The highest BCUT2D eigenvalue weighted by atomic mass is 32.1. The fourth-order valence-corrected chi connectivity index (χ4v) is 5.38. The summed E-state index contributed by atoms with van der Waals surface area (Å²) in [6.07, 6.45) is 6.63. The summed E-state index contributed by atoms with van der Waals surface area (Å²) < 4.78 is 11.4. The van der Waals surface area contributed by atoms with Gasteiger partial charge in [0.05, 0.1) is 25.5 Å². The van der Waals surface area contributed by atoms with E-state index in [0.29, 0.717) is 6.61 Å². The molecule has 1 saturated heterocycles. The van der Waals surface area contributed by atoms with E-state index < -0.39 is 5.60 Å². The summed E-state index contributed by atoms with van der Waals surface area (Å²) in [4.78, 5) is 8.44. The van der Waals surface area contributed by atoms with Crippen LogP contribution < -0.4 is 4.74 Å². The van der Waals surface area contributed by atoms with Gasteiger partial charge in [0.1, 0.15) is 16.4 Å². The van der Waals surface area contributed by atoms with Crippen LogP contribution in [0.3, 0.4) is 0 Å². The minimum atomic E-state index is -0.819. The van der Waals surface area contributed by atoms with Crippen LogP contribution in [0, 0.1) is 6.92 Å². The summed E-state index contributed by atoms with van der Waals surface area (Å²) in [5.41, 5.74) is 1.57. The number of aliphatic hydroxyl groups is 1. The number of hydrogen-bond acceptors (Lipinski definition) is 6. The average Bonchev–Trinajstić information content (AvgIpc) is 3.04. The lowest BCUT2D eigenvalue weighted by Crippen LogP contribution is -2.31. The Bertz CT molecular complexity index is 851. The Kier molecular flexibility index (Phi) is 7.20. The summed E-state index contributed by atoms with van der Waals surface area (Å²) >= 11 is 1.66. The zero-order chi connectivity index (χ0) is 20.8. The van der Waals surface area contributed by atoms with Crippen molar-refractivity contribution in [3.8, 4) is 5.75 Å². The van der Waals surface area contributed by atoms with Crippen molar-refractivity contribution in [1.82, 2.24) is 9.88 Å². The normalized spacial score (nSPS) is 23.1. The molecule has 3 heterocycles. The van der Waals surface area contributed by atoms with E-state index >= 15 is 0 Å². The molecule has 0 amide bonds. The lowest BCUT2D eigenvalue weighted by Gasteiger charge is -2.26. The molecule has 0 saturated carbocycles. The van der Waals surface area contributed by atoms with Crippen LogP contribution in [0.15, 0.2) is 42.0 Å². The number of ether oxygens (including phenoxy) is 2. The quantitative estimate of drug-likeness (QED) is 0.673.